The highest BCUT2D eigenvalue weighted by Crippen LogP contribution is 2.44. The minimum absolute atomic E-state index is 0.862. The Labute approximate surface area is 315 Å². The van der Waals surface area contributed by atoms with Gasteiger partial charge >= 0.3 is 0 Å². The molecule has 10 aromatic rings. The second-order valence-corrected chi connectivity index (χ2v) is 14.0. The second-order valence-electron chi connectivity index (χ2n) is 14.0. The Kier molecular flexibility index (Phi) is 7.81. The summed E-state index contributed by atoms with van der Waals surface area (Å²) in [5.74, 6) is 0. The van der Waals surface area contributed by atoms with Gasteiger partial charge in [-0.3, -0.25) is 0 Å². The third kappa shape index (κ3) is 5.26. The van der Waals surface area contributed by atoms with E-state index in [0.717, 1.165) is 6.54 Å². The standard InChI is InChI=1S/C52H38N2/c1-2-53(40-30-25-36(26-31-40)39-29-34-50-48(35-39)43-19-13-14-24-49(43)54(50)42-17-7-4-8-18-42)41-32-27-38(28-33-41)52-46-22-11-9-20-44(46)51(37-15-5-3-6-16-37)45-21-10-12-23-47(45)52/h3-35H,2H2,1H3. The number of hydrogen-bond donors (Lipinski definition) is 0. The molecule has 0 N–H and O–H groups in total. The summed E-state index contributed by atoms with van der Waals surface area (Å²) in [4.78, 5) is 2.39. The van der Waals surface area contributed by atoms with Crippen LogP contribution in [0.15, 0.2) is 200 Å². The number of para-hydroxylation sites is 2. The van der Waals surface area contributed by atoms with Crippen molar-refractivity contribution in [1.82, 2.24) is 4.57 Å². The van der Waals surface area contributed by atoms with E-state index in [2.05, 4.69) is 217 Å². The predicted octanol–water partition coefficient (Wildman–Crippen LogP) is 14.2. The lowest BCUT2D eigenvalue weighted by Crippen LogP contribution is -2.15. The SMILES string of the molecule is CCN(c1ccc(-c2ccc3c(c2)c2ccccc2n3-c2ccccc2)cc1)c1ccc(-c2c3ccccc3c(-c3ccccc3)c3ccccc23)cc1. The van der Waals surface area contributed by atoms with Gasteiger partial charge in [-0.15, -0.1) is 0 Å². The van der Waals surface area contributed by atoms with Gasteiger partial charge in [0.25, 0.3) is 0 Å². The summed E-state index contributed by atoms with van der Waals surface area (Å²) >= 11 is 0. The van der Waals surface area contributed by atoms with Crippen LogP contribution in [-0.4, -0.2) is 11.1 Å². The number of hydrogen-bond acceptors (Lipinski definition) is 1. The molecule has 9 aromatic carbocycles. The lowest BCUT2D eigenvalue weighted by Gasteiger charge is -2.24. The largest absolute Gasteiger partial charge is 0.342 e. The molecule has 0 aliphatic heterocycles. The predicted molar refractivity (Wildman–Crippen MR) is 231 cm³/mol. The van der Waals surface area contributed by atoms with Gasteiger partial charge in [-0.2, -0.15) is 0 Å². The first-order valence-electron chi connectivity index (χ1n) is 18.8. The van der Waals surface area contributed by atoms with Crippen molar-refractivity contribution >= 4 is 54.7 Å². The van der Waals surface area contributed by atoms with Crippen molar-refractivity contribution in [1.29, 1.82) is 0 Å². The Morgan fingerprint density at radius 2 is 0.778 bits per heavy atom. The summed E-state index contributed by atoms with van der Waals surface area (Å²) in [5.41, 5.74) is 13.4. The fourth-order valence-electron chi connectivity index (χ4n) is 8.52. The van der Waals surface area contributed by atoms with E-state index < -0.39 is 0 Å². The number of nitrogens with zero attached hydrogens (tertiary/aromatic N) is 2. The van der Waals surface area contributed by atoms with Crippen LogP contribution in [0.25, 0.3) is 82.4 Å². The molecule has 0 amide bonds. The van der Waals surface area contributed by atoms with E-state index in [4.69, 9.17) is 0 Å². The number of fused-ring (bicyclic) bond motifs is 5. The number of aromatic nitrogens is 1. The van der Waals surface area contributed by atoms with Gasteiger partial charge in [0, 0.05) is 34.4 Å². The maximum atomic E-state index is 2.39. The molecule has 0 aliphatic carbocycles. The molecule has 0 aliphatic rings. The number of benzene rings is 9. The average molecular weight is 691 g/mol. The van der Waals surface area contributed by atoms with Crippen LogP contribution in [0.5, 0.6) is 0 Å². The zero-order chi connectivity index (χ0) is 36.0. The monoisotopic (exact) mass is 690 g/mol. The van der Waals surface area contributed by atoms with Crippen molar-refractivity contribution in [3.8, 4) is 39.1 Å². The van der Waals surface area contributed by atoms with Gasteiger partial charge in [-0.05, 0) is 116 Å². The van der Waals surface area contributed by atoms with Gasteiger partial charge in [0.15, 0.2) is 0 Å². The van der Waals surface area contributed by atoms with Crippen LogP contribution in [0, 0.1) is 0 Å². The average Bonchev–Trinajstić information content (AvgIpc) is 3.58. The number of anilines is 2. The van der Waals surface area contributed by atoms with Crippen molar-refractivity contribution in [3.05, 3.63) is 200 Å². The second kappa shape index (κ2) is 13.3. The van der Waals surface area contributed by atoms with E-state index in [1.807, 2.05) is 0 Å². The molecule has 1 aromatic heterocycles. The summed E-state index contributed by atoms with van der Waals surface area (Å²) in [6, 6.07) is 72.9. The fourth-order valence-corrected chi connectivity index (χ4v) is 8.52. The highest BCUT2D eigenvalue weighted by atomic mass is 15.1. The van der Waals surface area contributed by atoms with Crippen LogP contribution < -0.4 is 4.90 Å². The molecule has 54 heavy (non-hydrogen) atoms. The topological polar surface area (TPSA) is 8.17 Å². The molecule has 0 saturated heterocycles. The van der Waals surface area contributed by atoms with Crippen molar-refractivity contribution in [2.24, 2.45) is 0 Å². The van der Waals surface area contributed by atoms with Crippen molar-refractivity contribution in [2.45, 2.75) is 6.92 Å². The molecule has 0 unspecified atom stereocenters. The van der Waals surface area contributed by atoms with Gasteiger partial charge in [0.2, 0.25) is 0 Å². The van der Waals surface area contributed by atoms with Gasteiger partial charge in [-0.1, -0.05) is 146 Å². The van der Waals surface area contributed by atoms with Crippen LogP contribution in [-0.2, 0) is 0 Å². The molecular formula is C52H38N2. The minimum Gasteiger partial charge on any atom is -0.342 e. The first-order chi connectivity index (χ1) is 26.8. The summed E-state index contributed by atoms with van der Waals surface area (Å²) in [5, 5.41) is 7.63. The Morgan fingerprint density at radius 1 is 0.352 bits per heavy atom. The molecule has 256 valence electrons. The molecule has 0 atom stereocenters. The minimum atomic E-state index is 0.862. The molecule has 0 bridgehead atoms. The van der Waals surface area contributed by atoms with Crippen LogP contribution in [0.2, 0.25) is 0 Å². The molecule has 1 heterocycles. The van der Waals surface area contributed by atoms with Gasteiger partial charge in [-0.25, -0.2) is 0 Å². The maximum Gasteiger partial charge on any atom is 0.0541 e. The van der Waals surface area contributed by atoms with Gasteiger partial charge < -0.3 is 9.47 Å². The van der Waals surface area contributed by atoms with E-state index in [9.17, 15) is 0 Å². The van der Waals surface area contributed by atoms with Crippen LogP contribution in [0.3, 0.4) is 0 Å². The summed E-state index contributed by atoms with van der Waals surface area (Å²) in [6.45, 7) is 3.09. The zero-order valence-electron chi connectivity index (χ0n) is 30.2. The lowest BCUT2D eigenvalue weighted by molar-refractivity contribution is 1.02. The highest BCUT2D eigenvalue weighted by Gasteiger charge is 2.18. The zero-order valence-corrected chi connectivity index (χ0v) is 30.2. The lowest BCUT2D eigenvalue weighted by atomic mass is 9.86. The Morgan fingerprint density at radius 3 is 1.33 bits per heavy atom. The Balaban J connectivity index is 0.995. The van der Waals surface area contributed by atoms with Crippen molar-refractivity contribution in [3.63, 3.8) is 0 Å². The maximum absolute atomic E-state index is 2.39. The first kappa shape index (κ1) is 31.8. The van der Waals surface area contributed by atoms with E-state index in [1.54, 1.807) is 0 Å². The van der Waals surface area contributed by atoms with E-state index in [1.165, 1.54) is 93.8 Å². The molecular weight excluding hydrogens is 653 g/mol. The van der Waals surface area contributed by atoms with Crippen molar-refractivity contribution < 1.29 is 0 Å². The molecule has 2 nitrogen and oxygen atoms in total. The molecule has 0 saturated carbocycles. The van der Waals surface area contributed by atoms with E-state index in [-0.39, 0.29) is 0 Å². The van der Waals surface area contributed by atoms with Crippen molar-refractivity contribution in [2.75, 3.05) is 11.4 Å². The van der Waals surface area contributed by atoms with Crippen LogP contribution in [0.1, 0.15) is 6.92 Å². The van der Waals surface area contributed by atoms with Crippen LogP contribution >= 0.6 is 0 Å². The number of rotatable bonds is 7. The third-order valence-electron chi connectivity index (χ3n) is 11.0. The van der Waals surface area contributed by atoms with Gasteiger partial charge in [0.05, 0.1) is 11.0 Å². The highest BCUT2D eigenvalue weighted by molar-refractivity contribution is 6.21. The normalized spacial score (nSPS) is 11.5. The summed E-state index contributed by atoms with van der Waals surface area (Å²) in [7, 11) is 0. The smallest absolute Gasteiger partial charge is 0.0541 e. The molecule has 10 rings (SSSR count). The Bertz CT molecular complexity index is 2880. The Hall–Kier alpha value is -6.90. The summed E-state index contributed by atoms with van der Waals surface area (Å²) < 4.78 is 2.37. The quantitative estimate of drug-likeness (QED) is 0.151. The van der Waals surface area contributed by atoms with E-state index in [0.29, 0.717) is 0 Å². The molecule has 0 fully saturated rings. The molecule has 0 spiro atoms. The van der Waals surface area contributed by atoms with E-state index >= 15 is 0 Å². The van der Waals surface area contributed by atoms with Gasteiger partial charge in [0.1, 0.15) is 0 Å². The fraction of sp³-hybridized carbons (Fsp3) is 0.0385. The first-order valence-corrected chi connectivity index (χ1v) is 18.8. The summed E-state index contributed by atoms with van der Waals surface area (Å²) in [6.07, 6.45) is 0. The molecule has 0 radical (unpaired) electrons. The third-order valence-corrected chi connectivity index (χ3v) is 11.0. The molecule has 2 heteroatoms. The van der Waals surface area contributed by atoms with Crippen LogP contribution in [0.4, 0.5) is 11.4 Å².